The van der Waals surface area contributed by atoms with E-state index in [0.29, 0.717) is 5.56 Å². The zero-order valence-electron chi connectivity index (χ0n) is 9.70. The van der Waals surface area contributed by atoms with Gasteiger partial charge < -0.3 is 5.11 Å². The van der Waals surface area contributed by atoms with Gasteiger partial charge in [-0.1, -0.05) is 30.3 Å². The molecule has 0 aromatic heterocycles. The molecule has 0 aliphatic carbocycles. The minimum atomic E-state index is -1.79. The van der Waals surface area contributed by atoms with Gasteiger partial charge in [-0.2, -0.15) is 0 Å². The standard InChI is InChI=1S/C15H9F2IO/c16-12-6-7-13(14(17)10-12)15(19,8-9-18)11-4-2-1-3-5-11/h1-7,10,19H. The molecule has 2 aromatic carbocycles. The van der Waals surface area contributed by atoms with Crippen LogP contribution in [0.25, 0.3) is 0 Å². The third-order valence-electron chi connectivity index (χ3n) is 2.74. The average Bonchev–Trinajstić information content (AvgIpc) is 2.39. The number of halogens is 3. The molecule has 0 amide bonds. The first-order chi connectivity index (χ1) is 9.08. The van der Waals surface area contributed by atoms with Gasteiger partial charge in [0.25, 0.3) is 0 Å². The van der Waals surface area contributed by atoms with Gasteiger partial charge in [-0.3, -0.25) is 0 Å². The topological polar surface area (TPSA) is 20.2 Å². The Morgan fingerprint density at radius 2 is 1.74 bits per heavy atom. The van der Waals surface area contributed by atoms with Gasteiger partial charge in [0.2, 0.25) is 0 Å². The van der Waals surface area contributed by atoms with Crippen LogP contribution in [0.1, 0.15) is 11.1 Å². The second-order valence-electron chi connectivity index (χ2n) is 3.92. The van der Waals surface area contributed by atoms with Crippen molar-refractivity contribution < 1.29 is 13.9 Å². The molecule has 0 saturated heterocycles. The van der Waals surface area contributed by atoms with E-state index in [1.54, 1.807) is 52.9 Å². The Morgan fingerprint density at radius 3 is 2.32 bits per heavy atom. The van der Waals surface area contributed by atoms with Crippen LogP contribution in [0.2, 0.25) is 0 Å². The molecule has 1 unspecified atom stereocenters. The van der Waals surface area contributed by atoms with Crippen LogP contribution in [-0.4, -0.2) is 5.11 Å². The van der Waals surface area contributed by atoms with Gasteiger partial charge in [0.1, 0.15) is 11.6 Å². The fourth-order valence-corrected chi connectivity index (χ4v) is 2.22. The van der Waals surface area contributed by atoms with Crippen molar-refractivity contribution in [2.45, 2.75) is 5.60 Å². The van der Waals surface area contributed by atoms with E-state index in [9.17, 15) is 13.9 Å². The molecule has 0 radical (unpaired) electrons. The summed E-state index contributed by atoms with van der Waals surface area (Å²) >= 11 is 1.77. The molecule has 19 heavy (non-hydrogen) atoms. The highest BCUT2D eigenvalue weighted by atomic mass is 127. The molecule has 1 atom stereocenters. The fourth-order valence-electron chi connectivity index (χ4n) is 1.83. The van der Waals surface area contributed by atoms with Gasteiger partial charge in [0, 0.05) is 39.8 Å². The smallest absolute Gasteiger partial charge is 0.180 e. The molecule has 4 heteroatoms. The van der Waals surface area contributed by atoms with E-state index in [1.165, 1.54) is 6.07 Å². The van der Waals surface area contributed by atoms with Crippen molar-refractivity contribution in [1.29, 1.82) is 0 Å². The number of hydrogen-bond donors (Lipinski definition) is 1. The maximum absolute atomic E-state index is 13.9. The van der Waals surface area contributed by atoms with Gasteiger partial charge in [-0.15, -0.1) is 0 Å². The van der Waals surface area contributed by atoms with E-state index < -0.39 is 17.2 Å². The van der Waals surface area contributed by atoms with Gasteiger partial charge in [0.05, 0.1) is 0 Å². The Balaban J connectivity index is 2.65. The Morgan fingerprint density at radius 1 is 1.05 bits per heavy atom. The molecule has 0 fully saturated rings. The fraction of sp³-hybridized carbons (Fsp3) is 0.0667. The predicted molar refractivity (Wildman–Crippen MR) is 77.6 cm³/mol. The lowest BCUT2D eigenvalue weighted by Crippen LogP contribution is -2.26. The average molecular weight is 370 g/mol. The van der Waals surface area contributed by atoms with E-state index >= 15 is 0 Å². The highest BCUT2D eigenvalue weighted by Crippen LogP contribution is 2.31. The SMILES string of the molecule is OC(C#CI)(c1ccccc1)c1ccc(F)cc1F. The Kier molecular flexibility index (Phi) is 4.17. The lowest BCUT2D eigenvalue weighted by Gasteiger charge is -2.23. The van der Waals surface area contributed by atoms with Crippen molar-refractivity contribution in [3.8, 4) is 9.85 Å². The zero-order valence-corrected chi connectivity index (χ0v) is 11.9. The number of rotatable bonds is 2. The maximum atomic E-state index is 13.9. The summed E-state index contributed by atoms with van der Waals surface area (Å²) in [5.74, 6) is 1.06. The van der Waals surface area contributed by atoms with Crippen LogP contribution in [0.3, 0.4) is 0 Å². The van der Waals surface area contributed by atoms with Crippen LogP contribution >= 0.6 is 22.6 Å². The van der Waals surface area contributed by atoms with Crippen LogP contribution in [0.15, 0.2) is 48.5 Å². The van der Waals surface area contributed by atoms with Crippen molar-refractivity contribution in [2.24, 2.45) is 0 Å². The van der Waals surface area contributed by atoms with E-state index in [0.717, 1.165) is 12.1 Å². The molecule has 0 spiro atoms. The molecule has 2 rings (SSSR count). The van der Waals surface area contributed by atoms with E-state index in [-0.39, 0.29) is 5.56 Å². The van der Waals surface area contributed by atoms with Crippen molar-refractivity contribution in [1.82, 2.24) is 0 Å². The van der Waals surface area contributed by atoms with Crippen LogP contribution < -0.4 is 0 Å². The van der Waals surface area contributed by atoms with Crippen molar-refractivity contribution in [3.63, 3.8) is 0 Å². The Hall–Kier alpha value is -1.45. The number of benzene rings is 2. The molecule has 1 N–H and O–H groups in total. The number of hydrogen-bond acceptors (Lipinski definition) is 1. The third-order valence-corrected chi connectivity index (χ3v) is 3.01. The van der Waals surface area contributed by atoms with E-state index in [1.807, 2.05) is 0 Å². The minimum Gasteiger partial charge on any atom is -0.369 e. The van der Waals surface area contributed by atoms with Crippen molar-refractivity contribution in [2.75, 3.05) is 0 Å². The summed E-state index contributed by atoms with van der Waals surface area (Å²) < 4.78 is 29.4. The molecule has 96 valence electrons. The second-order valence-corrected chi connectivity index (χ2v) is 4.46. The first-order valence-corrected chi connectivity index (χ1v) is 6.52. The van der Waals surface area contributed by atoms with Gasteiger partial charge in [-0.25, -0.2) is 8.78 Å². The van der Waals surface area contributed by atoms with Crippen LogP contribution in [-0.2, 0) is 5.60 Å². The van der Waals surface area contributed by atoms with Gasteiger partial charge >= 0.3 is 0 Å². The van der Waals surface area contributed by atoms with Crippen LogP contribution in [0.5, 0.6) is 0 Å². The zero-order chi connectivity index (χ0) is 13.9. The summed E-state index contributed by atoms with van der Waals surface area (Å²) in [6.45, 7) is 0. The lowest BCUT2D eigenvalue weighted by atomic mass is 9.87. The molecule has 0 aliphatic heterocycles. The minimum absolute atomic E-state index is 0.0655. The van der Waals surface area contributed by atoms with Crippen LogP contribution in [0.4, 0.5) is 8.78 Å². The molecule has 0 saturated carbocycles. The summed E-state index contributed by atoms with van der Waals surface area (Å²) in [5, 5.41) is 10.7. The monoisotopic (exact) mass is 370 g/mol. The molecule has 1 nitrogen and oxygen atoms in total. The maximum Gasteiger partial charge on any atom is 0.180 e. The first kappa shape index (κ1) is 14.0. The summed E-state index contributed by atoms with van der Waals surface area (Å²) in [6.07, 6.45) is 0. The molecule has 0 heterocycles. The van der Waals surface area contributed by atoms with Gasteiger partial charge in [0.15, 0.2) is 5.60 Å². The quantitative estimate of drug-likeness (QED) is 0.633. The summed E-state index contributed by atoms with van der Waals surface area (Å²) in [4.78, 5) is 0. The van der Waals surface area contributed by atoms with Crippen molar-refractivity contribution in [3.05, 3.63) is 71.3 Å². The molecule has 0 aliphatic rings. The largest absolute Gasteiger partial charge is 0.369 e. The molecular weight excluding hydrogens is 361 g/mol. The summed E-state index contributed by atoms with van der Waals surface area (Å²) in [6, 6.07) is 11.5. The highest BCUT2D eigenvalue weighted by Gasteiger charge is 2.32. The van der Waals surface area contributed by atoms with Gasteiger partial charge in [-0.05, 0) is 22.0 Å². The van der Waals surface area contributed by atoms with E-state index in [2.05, 4.69) is 9.85 Å². The first-order valence-electron chi connectivity index (χ1n) is 5.44. The van der Waals surface area contributed by atoms with Crippen molar-refractivity contribution >= 4 is 22.6 Å². The predicted octanol–water partition coefficient (Wildman–Crippen LogP) is 3.60. The lowest BCUT2D eigenvalue weighted by molar-refractivity contribution is 0.140. The third kappa shape index (κ3) is 2.77. The molecular formula is C15H9F2IO. The second kappa shape index (κ2) is 5.68. The van der Waals surface area contributed by atoms with Crippen LogP contribution in [0, 0.1) is 21.5 Å². The molecule has 0 bridgehead atoms. The Labute approximate surface area is 123 Å². The normalized spacial score (nSPS) is 13.3. The highest BCUT2D eigenvalue weighted by molar-refractivity contribution is 14.1. The summed E-state index contributed by atoms with van der Waals surface area (Å²) in [5.41, 5.74) is -1.42. The Bertz CT molecular complexity index is 646. The number of aliphatic hydroxyl groups is 1. The van der Waals surface area contributed by atoms with E-state index in [4.69, 9.17) is 0 Å². The summed E-state index contributed by atoms with van der Waals surface area (Å²) in [7, 11) is 0. The molecule has 2 aromatic rings.